The van der Waals surface area contributed by atoms with Crippen molar-refractivity contribution < 1.29 is 22.7 Å². The number of nitrogens with zero attached hydrogens (tertiary/aromatic N) is 1. The Hall–Kier alpha value is -3.27. The molecule has 0 spiro atoms. The number of alkyl halides is 3. The molecule has 134 valence electrons. The van der Waals surface area contributed by atoms with E-state index in [2.05, 4.69) is 10.1 Å². The lowest BCUT2D eigenvalue weighted by atomic mass is 10.1. The van der Waals surface area contributed by atoms with E-state index in [0.29, 0.717) is 5.69 Å². The third-order valence-corrected chi connectivity index (χ3v) is 3.44. The van der Waals surface area contributed by atoms with Gasteiger partial charge in [0, 0.05) is 11.3 Å². The maximum absolute atomic E-state index is 12.5. The average Bonchev–Trinajstić information content (AvgIpc) is 2.55. The molecule has 4 nitrogen and oxygen atoms in total. The van der Waals surface area contributed by atoms with Crippen LogP contribution in [0.1, 0.15) is 16.7 Å². The molecular formula is C19H15F3N2O2. The number of halogens is 3. The van der Waals surface area contributed by atoms with Gasteiger partial charge < -0.3 is 10.1 Å². The second-order valence-corrected chi connectivity index (χ2v) is 5.53. The SMILES string of the molecule is Cc1ccc(NC(=O)/C(C#N)=C/c2ccccc2OC(F)(F)F)c(C)c1. The van der Waals surface area contributed by atoms with Crippen LogP contribution in [-0.4, -0.2) is 12.3 Å². The summed E-state index contributed by atoms with van der Waals surface area (Å²) in [7, 11) is 0. The number of hydrogen-bond donors (Lipinski definition) is 1. The van der Waals surface area contributed by atoms with Crippen LogP contribution in [-0.2, 0) is 4.79 Å². The molecule has 2 rings (SSSR count). The van der Waals surface area contributed by atoms with Crippen LogP contribution >= 0.6 is 0 Å². The molecule has 1 N–H and O–H groups in total. The van der Waals surface area contributed by atoms with Crippen molar-refractivity contribution in [2.45, 2.75) is 20.2 Å². The average molecular weight is 360 g/mol. The first-order chi connectivity index (χ1) is 12.2. The molecule has 26 heavy (non-hydrogen) atoms. The highest BCUT2D eigenvalue weighted by molar-refractivity contribution is 6.10. The Bertz CT molecular complexity index is 896. The molecular weight excluding hydrogens is 345 g/mol. The summed E-state index contributed by atoms with van der Waals surface area (Å²) in [5.41, 5.74) is 1.95. The number of carbonyl (C=O) groups is 1. The first-order valence-electron chi connectivity index (χ1n) is 7.55. The number of rotatable bonds is 4. The fraction of sp³-hybridized carbons (Fsp3) is 0.158. The standard InChI is InChI=1S/C19H15F3N2O2/c1-12-7-8-16(13(2)9-12)24-18(25)15(11-23)10-14-5-3-4-6-17(14)26-19(20,21)22/h3-10H,1-2H3,(H,24,25)/b15-10+. The van der Waals surface area contributed by atoms with E-state index in [1.807, 2.05) is 13.0 Å². The van der Waals surface area contributed by atoms with Crippen molar-refractivity contribution >= 4 is 17.7 Å². The van der Waals surface area contributed by atoms with E-state index in [0.717, 1.165) is 23.3 Å². The molecule has 0 radical (unpaired) electrons. The highest BCUT2D eigenvalue weighted by atomic mass is 19.4. The van der Waals surface area contributed by atoms with Gasteiger partial charge >= 0.3 is 6.36 Å². The summed E-state index contributed by atoms with van der Waals surface area (Å²) in [4.78, 5) is 12.3. The quantitative estimate of drug-likeness (QED) is 0.632. The molecule has 0 aromatic heterocycles. The van der Waals surface area contributed by atoms with Gasteiger partial charge in [-0.1, -0.05) is 35.9 Å². The van der Waals surface area contributed by atoms with E-state index in [1.165, 1.54) is 18.2 Å². The van der Waals surface area contributed by atoms with Crippen LogP contribution in [0.25, 0.3) is 6.08 Å². The molecule has 0 atom stereocenters. The molecule has 2 aromatic carbocycles. The molecule has 0 bridgehead atoms. The van der Waals surface area contributed by atoms with Crippen LogP contribution in [0.4, 0.5) is 18.9 Å². The van der Waals surface area contributed by atoms with Crippen LogP contribution in [0, 0.1) is 25.2 Å². The highest BCUT2D eigenvalue weighted by Gasteiger charge is 2.31. The van der Waals surface area contributed by atoms with Crippen LogP contribution < -0.4 is 10.1 Å². The maximum Gasteiger partial charge on any atom is 0.573 e. The summed E-state index contributed by atoms with van der Waals surface area (Å²) in [5.74, 6) is -1.21. The molecule has 0 aliphatic heterocycles. The number of benzene rings is 2. The van der Waals surface area contributed by atoms with Crippen molar-refractivity contribution in [2.24, 2.45) is 0 Å². The Morgan fingerprint density at radius 1 is 1.19 bits per heavy atom. The van der Waals surface area contributed by atoms with Gasteiger partial charge in [-0.25, -0.2) is 0 Å². The second-order valence-electron chi connectivity index (χ2n) is 5.53. The number of nitrogens with one attached hydrogen (secondary N) is 1. The molecule has 7 heteroatoms. The fourth-order valence-corrected chi connectivity index (χ4v) is 2.26. The third kappa shape index (κ3) is 5.11. The summed E-state index contributed by atoms with van der Waals surface area (Å²) in [6.07, 6.45) is -3.82. The van der Waals surface area contributed by atoms with E-state index >= 15 is 0 Å². The van der Waals surface area contributed by atoms with Gasteiger partial charge in [0.1, 0.15) is 17.4 Å². The van der Waals surface area contributed by atoms with E-state index in [1.54, 1.807) is 25.1 Å². The van der Waals surface area contributed by atoms with Crippen molar-refractivity contribution in [1.29, 1.82) is 5.26 Å². The Morgan fingerprint density at radius 2 is 1.88 bits per heavy atom. The zero-order valence-electron chi connectivity index (χ0n) is 14.0. The van der Waals surface area contributed by atoms with Gasteiger partial charge in [-0.15, -0.1) is 13.2 Å². The number of para-hydroxylation sites is 1. The van der Waals surface area contributed by atoms with Crippen LogP contribution in [0.15, 0.2) is 48.0 Å². The minimum absolute atomic E-state index is 0.0304. The smallest absolute Gasteiger partial charge is 0.405 e. The van der Waals surface area contributed by atoms with Gasteiger partial charge in [0.05, 0.1) is 0 Å². The summed E-state index contributed by atoms with van der Waals surface area (Å²) in [6, 6.07) is 12.3. The lowest BCUT2D eigenvalue weighted by Gasteiger charge is -2.12. The predicted octanol–water partition coefficient (Wildman–Crippen LogP) is 4.75. The van der Waals surface area contributed by atoms with Gasteiger partial charge in [-0.3, -0.25) is 4.79 Å². The monoisotopic (exact) mass is 360 g/mol. The number of nitriles is 1. The Kier molecular flexibility index (Phi) is 5.68. The summed E-state index contributed by atoms with van der Waals surface area (Å²) in [6.45, 7) is 3.70. The van der Waals surface area contributed by atoms with Gasteiger partial charge in [-0.05, 0) is 37.6 Å². The van der Waals surface area contributed by atoms with Crippen molar-refractivity contribution in [1.82, 2.24) is 0 Å². The normalized spacial score (nSPS) is 11.6. The second kappa shape index (κ2) is 7.74. The number of amides is 1. The molecule has 2 aromatic rings. The first kappa shape index (κ1) is 19.1. The van der Waals surface area contributed by atoms with Gasteiger partial charge in [-0.2, -0.15) is 5.26 Å². The molecule has 0 aliphatic rings. The minimum atomic E-state index is -4.88. The largest absolute Gasteiger partial charge is 0.573 e. The summed E-state index contributed by atoms with van der Waals surface area (Å²) >= 11 is 0. The van der Waals surface area contributed by atoms with Gasteiger partial charge in [0.25, 0.3) is 5.91 Å². The van der Waals surface area contributed by atoms with E-state index in [4.69, 9.17) is 0 Å². The van der Waals surface area contributed by atoms with Crippen LogP contribution in [0.3, 0.4) is 0 Å². The van der Waals surface area contributed by atoms with Gasteiger partial charge in [0.2, 0.25) is 0 Å². The summed E-state index contributed by atoms with van der Waals surface area (Å²) in [5, 5.41) is 11.8. The molecule has 0 saturated heterocycles. The van der Waals surface area contributed by atoms with Crippen molar-refractivity contribution in [3.05, 3.63) is 64.7 Å². The molecule has 0 unspecified atom stereocenters. The van der Waals surface area contributed by atoms with Crippen molar-refractivity contribution in [3.8, 4) is 11.8 Å². The number of carbonyl (C=O) groups excluding carboxylic acids is 1. The highest BCUT2D eigenvalue weighted by Crippen LogP contribution is 2.28. The molecule has 1 amide bonds. The van der Waals surface area contributed by atoms with Crippen molar-refractivity contribution in [3.63, 3.8) is 0 Å². The third-order valence-electron chi connectivity index (χ3n) is 3.44. The molecule has 0 aliphatic carbocycles. The summed E-state index contributed by atoms with van der Waals surface area (Å²) < 4.78 is 41.4. The molecule has 0 heterocycles. The van der Waals surface area contributed by atoms with E-state index in [9.17, 15) is 23.2 Å². The Morgan fingerprint density at radius 3 is 2.50 bits per heavy atom. The maximum atomic E-state index is 12.5. The first-order valence-corrected chi connectivity index (χ1v) is 7.55. The lowest BCUT2D eigenvalue weighted by Crippen LogP contribution is -2.18. The Labute approximate surface area is 148 Å². The topological polar surface area (TPSA) is 62.1 Å². The minimum Gasteiger partial charge on any atom is -0.405 e. The zero-order valence-corrected chi connectivity index (χ0v) is 14.0. The molecule has 0 fully saturated rings. The Balaban J connectivity index is 2.31. The predicted molar refractivity (Wildman–Crippen MR) is 91.3 cm³/mol. The number of ether oxygens (including phenoxy) is 1. The van der Waals surface area contributed by atoms with E-state index in [-0.39, 0.29) is 11.1 Å². The van der Waals surface area contributed by atoms with Gasteiger partial charge in [0.15, 0.2) is 0 Å². The number of hydrogen-bond acceptors (Lipinski definition) is 3. The van der Waals surface area contributed by atoms with Crippen molar-refractivity contribution in [2.75, 3.05) is 5.32 Å². The fourth-order valence-electron chi connectivity index (χ4n) is 2.26. The van der Waals surface area contributed by atoms with E-state index < -0.39 is 18.0 Å². The van der Waals surface area contributed by atoms with Crippen LogP contribution in [0.2, 0.25) is 0 Å². The number of aryl methyl sites for hydroxylation is 2. The van der Waals surface area contributed by atoms with Crippen LogP contribution in [0.5, 0.6) is 5.75 Å². The lowest BCUT2D eigenvalue weighted by molar-refractivity contribution is -0.274. The number of anilines is 1. The molecule has 0 saturated carbocycles. The zero-order chi connectivity index (χ0) is 19.3.